The van der Waals surface area contributed by atoms with E-state index in [1.54, 1.807) is 11.1 Å². The highest BCUT2D eigenvalue weighted by atomic mass is 16.2. The number of pyridine rings is 1. The number of hydrogen-bond donors (Lipinski definition) is 2. The number of nitrogens with zero attached hydrogens (tertiary/aromatic N) is 3. The predicted molar refractivity (Wildman–Crippen MR) is 92.7 cm³/mol. The van der Waals surface area contributed by atoms with Gasteiger partial charge in [0.1, 0.15) is 5.69 Å². The summed E-state index contributed by atoms with van der Waals surface area (Å²) in [6.07, 6.45) is 4.82. The lowest BCUT2D eigenvalue weighted by atomic mass is 10.2. The molecule has 0 radical (unpaired) electrons. The van der Waals surface area contributed by atoms with E-state index < -0.39 is 0 Å². The Morgan fingerprint density at radius 2 is 2.28 bits per heavy atom. The maximum atomic E-state index is 12.9. The van der Waals surface area contributed by atoms with Crippen molar-refractivity contribution in [1.82, 2.24) is 25.4 Å². The summed E-state index contributed by atoms with van der Waals surface area (Å²) in [6, 6.07) is 7.42. The third-order valence-corrected chi connectivity index (χ3v) is 4.26. The molecule has 2 aromatic heterocycles. The van der Waals surface area contributed by atoms with Gasteiger partial charge in [0.2, 0.25) is 5.91 Å². The second-order valence-corrected chi connectivity index (χ2v) is 6.34. The average molecular weight is 341 g/mol. The molecule has 25 heavy (non-hydrogen) atoms. The largest absolute Gasteiger partial charge is 0.352 e. The topological polar surface area (TPSA) is 91.0 Å². The monoisotopic (exact) mass is 341 g/mol. The van der Waals surface area contributed by atoms with Gasteiger partial charge in [-0.05, 0) is 31.0 Å². The molecule has 2 N–H and O–H groups in total. The van der Waals surface area contributed by atoms with Gasteiger partial charge < -0.3 is 10.2 Å². The highest BCUT2D eigenvalue weighted by Gasteiger charge is 2.27. The van der Waals surface area contributed by atoms with Crippen molar-refractivity contribution in [2.45, 2.75) is 45.2 Å². The summed E-state index contributed by atoms with van der Waals surface area (Å²) >= 11 is 0. The van der Waals surface area contributed by atoms with Crippen LogP contribution in [-0.4, -0.2) is 44.5 Å². The van der Waals surface area contributed by atoms with E-state index in [9.17, 15) is 9.59 Å². The quantitative estimate of drug-likeness (QED) is 0.801. The molecule has 0 saturated carbocycles. The zero-order chi connectivity index (χ0) is 17.6. The van der Waals surface area contributed by atoms with Gasteiger partial charge in [0.15, 0.2) is 0 Å². The van der Waals surface area contributed by atoms with E-state index in [0.717, 1.165) is 30.7 Å². The number of carbonyl (C=O) groups is 2. The standard InChI is InChI=1S/C18H23N5O2/c1-2-5-13-10-16(22-21-13)18(25)23(11-14-6-3-4-9-19-14)12-15-7-8-17(24)20-15/h3-4,6,9-10,15H,2,5,7-8,11-12H2,1H3,(H,20,24)(H,21,22). The Bertz CT molecular complexity index is 728. The minimum absolute atomic E-state index is 0.0192. The van der Waals surface area contributed by atoms with Gasteiger partial charge in [-0.1, -0.05) is 19.4 Å². The number of nitrogens with one attached hydrogen (secondary N) is 2. The summed E-state index contributed by atoms with van der Waals surface area (Å²) in [4.78, 5) is 30.4. The van der Waals surface area contributed by atoms with Crippen LogP contribution in [0.4, 0.5) is 0 Å². The number of rotatable bonds is 7. The summed E-state index contributed by atoms with van der Waals surface area (Å²) in [5.41, 5.74) is 2.17. The first kappa shape index (κ1) is 17.1. The zero-order valence-electron chi connectivity index (χ0n) is 14.4. The second-order valence-electron chi connectivity index (χ2n) is 6.34. The summed E-state index contributed by atoms with van der Waals surface area (Å²) in [6.45, 7) is 2.93. The Morgan fingerprint density at radius 3 is 2.96 bits per heavy atom. The molecular weight excluding hydrogens is 318 g/mol. The van der Waals surface area contributed by atoms with E-state index in [4.69, 9.17) is 0 Å². The molecule has 1 atom stereocenters. The number of H-pyrrole nitrogens is 1. The van der Waals surface area contributed by atoms with Crippen molar-refractivity contribution in [2.24, 2.45) is 0 Å². The van der Waals surface area contributed by atoms with Gasteiger partial charge in [-0.2, -0.15) is 5.10 Å². The highest BCUT2D eigenvalue weighted by molar-refractivity contribution is 5.92. The van der Waals surface area contributed by atoms with Crippen LogP contribution < -0.4 is 5.32 Å². The van der Waals surface area contributed by atoms with Gasteiger partial charge in [0, 0.05) is 30.9 Å². The Morgan fingerprint density at radius 1 is 1.40 bits per heavy atom. The summed E-state index contributed by atoms with van der Waals surface area (Å²) < 4.78 is 0. The molecule has 1 unspecified atom stereocenters. The van der Waals surface area contributed by atoms with Crippen LogP contribution in [0, 0.1) is 0 Å². The van der Waals surface area contributed by atoms with Gasteiger partial charge in [0.05, 0.1) is 12.2 Å². The lowest BCUT2D eigenvalue weighted by Gasteiger charge is -2.24. The maximum absolute atomic E-state index is 12.9. The molecule has 1 saturated heterocycles. The van der Waals surface area contributed by atoms with Crippen LogP contribution in [0.15, 0.2) is 30.5 Å². The van der Waals surface area contributed by atoms with E-state index in [0.29, 0.717) is 25.2 Å². The number of carbonyl (C=O) groups excluding carboxylic acids is 2. The number of aromatic amines is 1. The minimum Gasteiger partial charge on any atom is -0.352 e. The van der Waals surface area contributed by atoms with Gasteiger partial charge >= 0.3 is 0 Å². The van der Waals surface area contributed by atoms with Crippen molar-refractivity contribution in [3.8, 4) is 0 Å². The third-order valence-electron chi connectivity index (χ3n) is 4.26. The molecule has 2 amide bonds. The minimum atomic E-state index is -0.148. The van der Waals surface area contributed by atoms with E-state index in [1.165, 1.54) is 0 Å². The number of amides is 2. The van der Waals surface area contributed by atoms with Gasteiger partial charge in [-0.15, -0.1) is 0 Å². The van der Waals surface area contributed by atoms with E-state index >= 15 is 0 Å². The van der Waals surface area contributed by atoms with E-state index in [2.05, 4.69) is 27.4 Å². The second kappa shape index (κ2) is 7.92. The van der Waals surface area contributed by atoms with Crippen molar-refractivity contribution in [3.63, 3.8) is 0 Å². The molecule has 0 aliphatic carbocycles. The van der Waals surface area contributed by atoms with Crippen LogP contribution in [0.25, 0.3) is 0 Å². The SMILES string of the molecule is CCCc1cc(C(=O)N(Cc2ccccn2)CC2CCC(=O)N2)n[nH]1. The molecule has 3 rings (SSSR count). The fourth-order valence-corrected chi connectivity index (χ4v) is 3.02. The van der Waals surface area contributed by atoms with E-state index in [1.807, 2.05) is 24.3 Å². The summed E-state index contributed by atoms with van der Waals surface area (Å²) in [5.74, 6) is -0.106. The molecule has 7 nitrogen and oxygen atoms in total. The normalized spacial score (nSPS) is 16.7. The number of hydrogen-bond acceptors (Lipinski definition) is 4. The smallest absolute Gasteiger partial charge is 0.274 e. The Hall–Kier alpha value is -2.70. The molecule has 1 fully saturated rings. The van der Waals surface area contributed by atoms with Crippen LogP contribution >= 0.6 is 0 Å². The molecule has 1 aliphatic rings. The van der Waals surface area contributed by atoms with Crippen molar-refractivity contribution < 1.29 is 9.59 Å². The first-order valence-electron chi connectivity index (χ1n) is 8.68. The maximum Gasteiger partial charge on any atom is 0.274 e. The molecule has 0 bridgehead atoms. The first-order valence-corrected chi connectivity index (χ1v) is 8.68. The summed E-state index contributed by atoms with van der Waals surface area (Å²) in [5, 5.41) is 10.0. The van der Waals surface area contributed by atoms with Crippen LogP contribution in [-0.2, 0) is 17.8 Å². The Kier molecular flexibility index (Phi) is 5.42. The molecule has 3 heterocycles. The highest BCUT2D eigenvalue weighted by Crippen LogP contribution is 2.14. The van der Waals surface area contributed by atoms with Crippen molar-refractivity contribution in [3.05, 3.63) is 47.5 Å². The fourth-order valence-electron chi connectivity index (χ4n) is 3.02. The molecule has 1 aliphatic heterocycles. The molecule has 0 spiro atoms. The van der Waals surface area contributed by atoms with Gasteiger partial charge in [0.25, 0.3) is 5.91 Å². The first-order chi connectivity index (χ1) is 12.2. The molecular formula is C18H23N5O2. The molecule has 7 heteroatoms. The predicted octanol–water partition coefficient (Wildman–Crippen LogP) is 1.68. The zero-order valence-corrected chi connectivity index (χ0v) is 14.4. The van der Waals surface area contributed by atoms with Crippen molar-refractivity contribution >= 4 is 11.8 Å². The van der Waals surface area contributed by atoms with Gasteiger partial charge in [-0.3, -0.25) is 19.7 Å². The molecule has 2 aromatic rings. The van der Waals surface area contributed by atoms with Crippen LogP contribution in [0.1, 0.15) is 48.1 Å². The Labute approximate surface area is 146 Å². The van der Waals surface area contributed by atoms with E-state index in [-0.39, 0.29) is 17.9 Å². The fraction of sp³-hybridized carbons (Fsp3) is 0.444. The lowest BCUT2D eigenvalue weighted by molar-refractivity contribution is -0.119. The van der Waals surface area contributed by atoms with Crippen LogP contribution in [0.2, 0.25) is 0 Å². The van der Waals surface area contributed by atoms with Crippen LogP contribution in [0.5, 0.6) is 0 Å². The van der Waals surface area contributed by atoms with Crippen LogP contribution in [0.3, 0.4) is 0 Å². The summed E-state index contributed by atoms with van der Waals surface area (Å²) in [7, 11) is 0. The molecule has 0 aromatic carbocycles. The third kappa shape index (κ3) is 4.43. The number of aryl methyl sites for hydroxylation is 1. The van der Waals surface area contributed by atoms with Crippen molar-refractivity contribution in [2.75, 3.05) is 6.54 Å². The Balaban J connectivity index is 1.76. The van der Waals surface area contributed by atoms with Crippen molar-refractivity contribution in [1.29, 1.82) is 0 Å². The molecule has 132 valence electrons. The average Bonchev–Trinajstić information content (AvgIpc) is 3.24. The van der Waals surface area contributed by atoms with Gasteiger partial charge in [-0.25, -0.2) is 0 Å². The number of aromatic nitrogens is 3. The lowest BCUT2D eigenvalue weighted by Crippen LogP contribution is -2.41.